The van der Waals surface area contributed by atoms with Crippen molar-refractivity contribution in [1.29, 1.82) is 0 Å². The van der Waals surface area contributed by atoms with Crippen molar-refractivity contribution in [3.63, 3.8) is 0 Å². The Kier molecular flexibility index (Phi) is 3.97. The molecule has 1 aliphatic rings. The van der Waals surface area contributed by atoms with Crippen LogP contribution in [0.15, 0.2) is 12.1 Å². The van der Waals surface area contributed by atoms with Gasteiger partial charge in [0.2, 0.25) is 0 Å². The third kappa shape index (κ3) is 2.69. The number of nitro benzene ring substituents is 1. The van der Waals surface area contributed by atoms with Gasteiger partial charge in [0.05, 0.1) is 16.1 Å². The largest absolute Gasteiger partial charge is 0.496 e. The minimum absolute atomic E-state index is 0.0233. The SMILES string of the molecule is CC1(C)OB(c2cc(C(=O)O)c([N+](=O)[O-])cc2Cl)OC1(C)C. The van der Waals surface area contributed by atoms with E-state index < -0.39 is 40.5 Å². The summed E-state index contributed by atoms with van der Waals surface area (Å²) in [5.41, 5.74) is -2.04. The van der Waals surface area contributed by atoms with Gasteiger partial charge in [-0.3, -0.25) is 10.1 Å². The third-order valence-electron chi connectivity index (χ3n) is 4.05. The molecule has 0 saturated carbocycles. The summed E-state index contributed by atoms with van der Waals surface area (Å²) in [6, 6.07) is 2.14. The number of carbonyl (C=O) groups is 1. The maximum atomic E-state index is 11.2. The first kappa shape index (κ1) is 16.7. The van der Waals surface area contributed by atoms with Gasteiger partial charge in [-0.25, -0.2) is 4.79 Å². The van der Waals surface area contributed by atoms with Crippen LogP contribution in [0.2, 0.25) is 5.02 Å². The Morgan fingerprint density at radius 2 is 1.77 bits per heavy atom. The van der Waals surface area contributed by atoms with Crippen molar-refractivity contribution < 1.29 is 24.1 Å². The highest BCUT2D eigenvalue weighted by molar-refractivity contribution is 6.65. The van der Waals surface area contributed by atoms with Gasteiger partial charge in [-0.15, -0.1) is 0 Å². The van der Waals surface area contributed by atoms with Gasteiger partial charge in [0.25, 0.3) is 5.69 Å². The quantitative estimate of drug-likeness (QED) is 0.519. The number of halogens is 1. The number of hydrogen-bond donors (Lipinski definition) is 1. The van der Waals surface area contributed by atoms with Crippen LogP contribution < -0.4 is 5.46 Å². The summed E-state index contributed by atoms with van der Waals surface area (Å²) in [4.78, 5) is 21.4. The minimum atomic E-state index is -1.42. The summed E-state index contributed by atoms with van der Waals surface area (Å²) in [7, 11) is -0.892. The second-order valence-electron chi connectivity index (χ2n) is 6.04. The highest BCUT2D eigenvalue weighted by Gasteiger charge is 2.52. The predicted octanol–water partition coefficient (Wildman–Crippen LogP) is 2.25. The first-order chi connectivity index (χ1) is 9.96. The fourth-order valence-electron chi connectivity index (χ4n) is 2.05. The monoisotopic (exact) mass is 327 g/mol. The van der Waals surface area contributed by atoms with E-state index in [0.29, 0.717) is 0 Å². The van der Waals surface area contributed by atoms with E-state index in [2.05, 4.69) is 0 Å². The Balaban J connectivity index is 2.52. The van der Waals surface area contributed by atoms with Gasteiger partial charge in [-0.05, 0) is 33.8 Å². The molecule has 2 rings (SSSR count). The van der Waals surface area contributed by atoms with Crippen LogP contribution in [0.5, 0.6) is 0 Å². The van der Waals surface area contributed by atoms with E-state index in [0.717, 1.165) is 12.1 Å². The molecule has 0 aromatic heterocycles. The molecule has 118 valence electrons. The van der Waals surface area contributed by atoms with Crippen LogP contribution >= 0.6 is 11.6 Å². The molecule has 1 heterocycles. The van der Waals surface area contributed by atoms with E-state index >= 15 is 0 Å². The van der Waals surface area contributed by atoms with Crippen LogP contribution in [0.4, 0.5) is 5.69 Å². The molecule has 22 heavy (non-hydrogen) atoms. The molecule has 0 bridgehead atoms. The number of benzene rings is 1. The third-order valence-corrected chi connectivity index (χ3v) is 4.38. The van der Waals surface area contributed by atoms with Crippen molar-refractivity contribution in [3.8, 4) is 0 Å². The van der Waals surface area contributed by atoms with E-state index in [1.807, 2.05) is 27.7 Å². The fraction of sp³-hybridized carbons (Fsp3) is 0.462. The number of nitrogens with zero attached hydrogens (tertiary/aromatic N) is 1. The summed E-state index contributed by atoms with van der Waals surface area (Å²) in [6.07, 6.45) is 0. The highest BCUT2D eigenvalue weighted by atomic mass is 35.5. The molecule has 0 aliphatic carbocycles. The second-order valence-corrected chi connectivity index (χ2v) is 6.45. The lowest BCUT2D eigenvalue weighted by atomic mass is 9.78. The van der Waals surface area contributed by atoms with Crippen molar-refractivity contribution in [2.45, 2.75) is 38.9 Å². The maximum absolute atomic E-state index is 11.2. The van der Waals surface area contributed by atoms with E-state index in [1.165, 1.54) is 0 Å². The van der Waals surface area contributed by atoms with Crippen LogP contribution in [-0.2, 0) is 9.31 Å². The first-order valence-corrected chi connectivity index (χ1v) is 6.91. The zero-order valence-corrected chi connectivity index (χ0v) is 13.3. The Hall–Kier alpha value is -1.64. The maximum Gasteiger partial charge on any atom is 0.496 e. The molecule has 1 aliphatic heterocycles. The molecule has 9 heteroatoms. The molecule has 0 spiro atoms. The lowest BCUT2D eigenvalue weighted by Crippen LogP contribution is -2.41. The number of aromatic carboxylic acids is 1. The minimum Gasteiger partial charge on any atom is -0.477 e. The molecule has 0 radical (unpaired) electrons. The first-order valence-electron chi connectivity index (χ1n) is 6.53. The van der Waals surface area contributed by atoms with E-state index in [-0.39, 0.29) is 10.5 Å². The molecule has 0 unspecified atom stereocenters. The summed E-state index contributed by atoms with van der Waals surface area (Å²) < 4.78 is 11.6. The summed E-state index contributed by atoms with van der Waals surface area (Å²) in [6.45, 7) is 7.35. The molecule has 0 amide bonds. The summed E-state index contributed by atoms with van der Waals surface area (Å²) in [5.74, 6) is -1.42. The van der Waals surface area contributed by atoms with Crippen LogP contribution in [0.25, 0.3) is 0 Å². The van der Waals surface area contributed by atoms with Crippen molar-refractivity contribution in [3.05, 3.63) is 32.8 Å². The number of carboxylic acids is 1. The number of rotatable bonds is 3. The van der Waals surface area contributed by atoms with Crippen molar-refractivity contribution in [2.24, 2.45) is 0 Å². The molecule has 1 aromatic carbocycles. The Bertz CT molecular complexity index is 644. The topological polar surface area (TPSA) is 98.9 Å². The van der Waals surface area contributed by atoms with E-state index in [9.17, 15) is 14.9 Å². The summed E-state index contributed by atoms with van der Waals surface area (Å²) >= 11 is 6.06. The van der Waals surface area contributed by atoms with Crippen LogP contribution in [0, 0.1) is 10.1 Å². The molecule has 1 saturated heterocycles. The highest BCUT2D eigenvalue weighted by Crippen LogP contribution is 2.37. The van der Waals surface area contributed by atoms with Gasteiger partial charge in [0, 0.05) is 16.6 Å². The zero-order chi connectivity index (χ0) is 16.9. The van der Waals surface area contributed by atoms with Gasteiger partial charge in [0.15, 0.2) is 0 Å². The average Bonchev–Trinajstić information content (AvgIpc) is 2.57. The standard InChI is InChI=1S/C13H15BClNO6/c1-12(2)13(3,4)22-14(21-12)8-5-7(11(17)18)10(16(19)20)6-9(8)15/h5-6H,1-4H3,(H,17,18). The molecule has 1 aromatic rings. The smallest absolute Gasteiger partial charge is 0.477 e. The number of hydrogen-bond acceptors (Lipinski definition) is 5. The molecule has 7 nitrogen and oxygen atoms in total. The average molecular weight is 328 g/mol. The molecule has 1 N–H and O–H groups in total. The predicted molar refractivity (Wildman–Crippen MR) is 80.8 cm³/mol. The van der Waals surface area contributed by atoms with Crippen LogP contribution in [0.3, 0.4) is 0 Å². The molecular weight excluding hydrogens is 312 g/mol. The molecule has 1 fully saturated rings. The van der Waals surface area contributed by atoms with Crippen molar-refractivity contribution >= 4 is 35.8 Å². The second kappa shape index (κ2) is 5.22. The molecular formula is C13H15BClNO6. The van der Waals surface area contributed by atoms with Gasteiger partial charge >= 0.3 is 13.1 Å². The molecule has 0 atom stereocenters. The normalized spacial score (nSPS) is 19.2. The van der Waals surface area contributed by atoms with E-state index in [4.69, 9.17) is 26.0 Å². The van der Waals surface area contributed by atoms with Gasteiger partial charge in [0.1, 0.15) is 5.56 Å². The zero-order valence-electron chi connectivity index (χ0n) is 12.5. The van der Waals surface area contributed by atoms with Gasteiger partial charge in [-0.2, -0.15) is 0 Å². The Labute approximate surface area is 132 Å². The fourth-order valence-corrected chi connectivity index (χ4v) is 2.30. The Morgan fingerprint density at radius 3 is 2.18 bits per heavy atom. The van der Waals surface area contributed by atoms with Crippen molar-refractivity contribution in [1.82, 2.24) is 0 Å². The van der Waals surface area contributed by atoms with Crippen LogP contribution in [-0.4, -0.2) is 34.3 Å². The van der Waals surface area contributed by atoms with Gasteiger partial charge in [-0.1, -0.05) is 11.6 Å². The number of carboxylic acid groups (broad SMARTS) is 1. The number of nitro groups is 1. The van der Waals surface area contributed by atoms with E-state index in [1.54, 1.807) is 0 Å². The lowest BCUT2D eigenvalue weighted by Gasteiger charge is -2.32. The summed E-state index contributed by atoms with van der Waals surface area (Å²) in [5, 5.41) is 20.1. The lowest BCUT2D eigenvalue weighted by molar-refractivity contribution is -0.385. The Morgan fingerprint density at radius 1 is 1.27 bits per heavy atom. The van der Waals surface area contributed by atoms with Crippen molar-refractivity contribution in [2.75, 3.05) is 0 Å². The van der Waals surface area contributed by atoms with Gasteiger partial charge < -0.3 is 14.4 Å². The van der Waals surface area contributed by atoms with Crippen LogP contribution in [0.1, 0.15) is 38.1 Å².